The fourth-order valence-electron chi connectivity index (χ4n) is 2.51. The molecule has 2 rings (SSSR count). The van der Waals surface area contributed by atoms with Gasteiger partial charge in [-0.1, -0.05) is 6.07 Å². The van der Waals surface area contributed by atoms with Gasteiger partial charge in [0, 0.05) is 38.3 Å². The van der Waals surface area contributed by atoms with Crippen LogP contribution in [0.25, 0.3) is 0 Å². The second-order valence-electron chi connectivity index (χ2n) is 5.28. The molecule has 1 aliphatic heterocycles. The van der Waals surface area contributed by atoms with E-state index in [9.17, 15) is 9.90 Å². The highest BCUT2D eigenvalue weighted by Crippen LogP contribution is 2.19. The molecule has 1 amide bonds. The number of phenolic OH excluding ortho intramolecular Hbond substituents is 1. The van der Waals surface area contributed by atoms with Gasteiger partial charge in [0.05, 0.1) is 0 Å². The largest absolute Gasteiger partial charge is 0.508 e. The number of carbonyl (C=O) groups excluding carboxylic acids is 1. The molecule has 1 aromatic carbocycles. The van der Waals surface area contributed by atoms with Gasteiger partial charge in [-0.3, -0.25) is 4.79 Å². The average Bonchev–Trinajstić information content (AvgIpc) is 2.67. The molecule has 0 aromatic heterocycles. The maximum atomic E-state index is 12.5. The van der Waals surface area contributed by atoms with Gasteiger partial charge >= 0.3 is 0 Å². The molecule has 1 fully saturated rings. The number of rotatable bonds is 3. The number of nitrogens with two attached hydrogens (primary N) is 1. The number of amides is 1. The Labute approximate surface area is 120 Å². The van der Waals surface area contributed by atoms with Crippen molar-refractivity contribution in [2.75, 3.05) is 39.3 Å². The van der Waals surface area contributed by atoms with E-state index >= 15 is 0 Å². The van der Waals surface area contributed by atoms with Gasteiger partial charge in [0.1, 0.15) is 5.75 Å². The van der Waals surface area contributed by atoms with Crippen LogP contribution in [0.4, 0.5) is 0 Å². The number of aryl methyl sites for hydroxylation is 1. The van der Waals surface area contributed by atoms with Crippen LogP contribution in [0.5, 0.6) is 5.75 Å². The molecule has 0 atom stereocenters. The SMILES string of the molecule is Cc1ccc(C(=O)N2CCCN(CCN)CC2)cc1O. The molecule has 1 heterocycles. The molecule has 5 nitrogen and oxygen atoms in total. The first-order valence-electron chi connectivity index (χ1n) is 7.13. The van der Waals surface area contributed by atoms with E-state index in [1.54, 1.807) is 18.2 Å². The van der Waals surface area contributed by atoms with Gasteiger partial charge in [-0.25, -0.2) is 0 Å². The van der Waals surface area contributed by atoms with Crippen molar-refractivity contribution < 1.29 is 9.90 Å². The smallest absolute Gasteiger partial charge is 0.254 e. The number of benzene rings is 1. The van der Waals surface area contributed by atoms with E-state index in [0.717, 1.165) is 38.2 Å². The maximum Gasteiger partial charge on any atom is 0.254 e. The Kier molecular flexibility index (Phi) is 4.98. The Balaban J connectivity index is 2.03. The Bertz CT molecular complexity index is 476. The number of aromatic hydroxyl groups is 1. The van der Waals surface area contributed by atoms with Gasteiger partial charge in [0.25, 0.3) is 5.91 Å². The Morgan fingerprint density at radius 3 is 2.80 bits per heavy atom. The first kappa shape index (κ1) is 14.8. The highest BCUT2D eigenvalue weighted by atomic mass is 16.3. The number of nitrogens with zero attached hydrogens (tertiary/aromatic N) is 2. The highest BCUT2D eigenvalue weighted by molar-refractivity contribution is 5.94. The lowest BCUT2D eigenvalue weighted by Gasteiger charge is -2.21. The normalized spacial score (nSPS) is 17.0. The van der Waals surface area contributed by atoms with Crippen LogP contribution in [-0.4, -0.2) is 60.1 Å². The summed E-state index contributed by atoms with van der Waals surface area (Å²) in [5.74, 6) is 0.172. The van der Waals surface area contributed by atoms with E-state index in [-0.39, 0.29) is 11.7 Å². The Morgan fingerprint density at radius 2 is 2.10 bits per heavy atom. The minimum Gasteiger partial charge on any atom is -0.508 e. The topological polar surface area (TPSA) is 69.8 Å². The minimum absolute atomic E-state index is 0.00472. The molecular formula is C15H23N3O2. The molecule has 3 N–H and O–H groups in total. The van der Waals surface area contributed by atoms with Crippen LogP contribution in [0, 0.1) is 6.92 Å². The predicted octanol–water partition coefficient (Wildman–Crippen LogP) is 0.807. The lowest BCUT2D eigenvalue weighted by molar-refractivity contribution is 0.0761. The van der Waals surface area contributed by atoms with Crippen LogP contribution in [0.1, 0.15) is 22.3 Å². The molecule has 1 saturated heterocycles. The molecule has 5 heteroatoms. The minimum atomic E-state index is -0.00472. The number of carbonyl (C=O) groups is 1. The van der Waals surface area contributed by atoms with E-state index < -0.39 is 0 Å². The molecule has 0 radical (unpaired) electrons. The summed E-state index contributed by atoms with van der Waals surface area (Å²) in [6.45, 7) is 6.68. The van der Waals surface area contributed by atoms with Gasteiger partial charge in [-0.2, -0.15) is 0 Å². The van der Waals surface area contributed by atoms with Crippen LogP contribution in [0.15, 0.2) is 18.2 Å². The maximum absolute atomic E-state index is 12.5. The van der Waals surface area contributed by atoms with Crippen molar-refractivity contribution in [3.05, 3.63) is 29.3 Å². The molecule has 20 heavy (non-hydrogen) atoms. The second-order valence-corrected chi connectivity index (χ2v) is 5.28. The molecule has 0 saturated carbocycles. The zero-order chi connectivity index (χ0) is 14.5. The summed E-state index contributed by atoms with van der Waals surface area (Å²) >= 11 is 0. The molecule has 0 bridgehead atoms. The first-order chi connectivity index (χ1) is 9.61. The van der Waals surface area contributed by atoms with E-state index in [0.29, 0.717) is 18.7 Å². The summed E-state index contributed by atoms with van der Waals surface area (Å²) in [5, 5.41) is 9.72. The molecule has 110 valence electrons. The van der Waals surface area contributed by atoms with E-state index in [4.69, 9.17) is 5.73 Å². The summed E-state index contributed by atoms with van der Waals surface area (Å²) in [5.41, 5.74) is 6.92. The third kappa shape index (κ3) is 3.49. The Morgan fingerprint density at radius 1 is 1.30 bits per heavy atom. The fraction of sp³-hybridized carbons (Fsp3) is 0.533. The molecule has 0 spiro atoms. The Hall–Kier alpha value is -1.59. The summed E-state index contributed by atoms with van der Waals surface area (Å²) in [4.78, 5) is 16.6. The van der Waals surface area contributed by atoms with E-state index in [2.05, 4.69) is 4.90 Å². The fourth-order valence-corrected chi connectivity index (χ4v) is 2.51. The first-order valence-corrected chi connectivity index (χ1v) is 7.13. The van der Waals surface area contributed by atoms with Gasteiger partial charge in [0.2, 0.25) is 0 Å². The van der Waals surface area contributed by atoms with Crippen molar-refractivity contribution in [2.45, 2.75) is 13.3 Å². The van der Waals surface area contributed by atoms with Gasteiger partial charge in [-0.05, 0) is 37.6 Å². The summed E-state index contributed by atoms with van der Waals surface area (Å²) < 4.78 is 0. The average molecular weight is 277 g/mol. The van der Waals surface area contributed by atoms with Gasteiger partial charge < -0.3 is 20.6 Å². The van der Waals surface area contributed by atoms with Crippen molar-refractivity contribution in [3.63, 3.8) is 0 Å². The zero-order valence-electron chi connectivity index (χ0n) is 12.0. The van der Waals surface area contributed by atoms with Crippen LogP contribution in [0.2, 0.25) is 0 Å². The van der Waals surface area contributed by atoms with Crippen molar-refractivity contribution in [3.8, 4) is 5.75 Å². The lowest BCUT2D eigenvalue weighted by atomic mass is 10.1. The van der Waals surface area contributed by atoms with Crippen molar-refractivity contribution in [1.82, 2.24) is 9.80 Å². The molecule has 1 aromatic rings. The third-order valence-corrected chi connectivity index (χ3v) is 3.78. The number of hydrogen-bond acceptors (Lipinski definition) is 4. The predicted molar refractivity (Wildman–Crippen MR) is 78.9 cm³/mol. The van der Waals surface area contributed by atoms with Crippen molar-refractivity contribution in [2.24, 2.45) is 5.73 Å². The number of hydrogen-bond donors (Lipinski definition) is 2. The van der Waals surface area contributed by atoms with E-state index in [1.807, 2.05) is 11.8 Å². The molecule has 1 aliphatic rings. The molecule has 0 unspecified atom stereocenters. The second kappa shape index (κ2) is 6.72. The van der Waals surface area contributed by atoms with Crippen molar-refractivity contribution >= 4 is 5.91 Å². The summed E-state index contributed by atoms with van der Waals surface area (Å²) in [7, 11) is 0. The van der Waals surface area contributed by atoms with Crippen LogP contribution >= 0.6 is 0 Å². The standard InChI is InChI=1S/C15H23N3O2/c1-12-3-4-13(11-14(12)19)15(20)18-7-2-6-17(8-5-16)9-10-18/h3-4,11,19H,2,5-10,16H2,1H3. The molecular weight excluding hydrogens is 254 g/mol. The third-order valence-electron chi connectivity index (χ3n) is 3.78. The van der Waals surface area contributed by atoms with Crippen LogP contribution in [-0.2, 0) is 0 Å². The molecule has 0 aliphatic carbocycles. The summed E-state index contributed by atoms with van der Waals surface area (Å²) in [6.07, 6.45) is 0.962. The quantitative estimate of drug-likeness (QED) is 0.857. The number of phenols is 1. The van der Waals surface area contributed by atoms with E-state index in [1.165, 1.54) is 0 Å². The van der Waals surface area contributed by atoms with Crippen LogP contribution < -0.4 is 5.73 Å². The van der Waals surface area contributed by atoms with Crippen molar-refractivity contribution in [1.29, 1.82) is 0 Å². The monoisotopic (exact) mass is 277 g/mol. The van der Waals surface area contributed by atoms with Gasteiger partial charge in [0.15, 0.2) is 0 Å². The summed E-state index contributed by atoms with van der Waals surface area (Å²) in [6, 6.07) is 5.11. The van der Waals surface area contributed by atoms with Gasteiger partial charge in [-0.15, -0.1) is 0 Å². The van der Waals surface area contributed by atoms with Crippen LogP contribution in [0.3, 0.4) is 0 Å². The highest BCUT2D eigenvalue weighted by Gasteiger charge is 2.20. The zero-order valence-corrected chi connectivity index (χ0v) is 12.0. The lowest BCUT2D eigenvalue weighted by Crippen LogP contribution is -2.36.